The molecule has 2 bridgehead atoms. The molecule has 5 rings (SSSR count). The smallest absolute Gasteiger partial charge is 0.412 e. The third kappa shape index (κ3) is 3.72. The van der Waals surface area contributed by atoms with Crippen LogP contribution in [0.2, 0.25) is 0 Å². The van der Waals surface area contributed by atoms with E-state index in [1.165, 1.54) is 0 Å². The minimum absolute atomic E-state index is 0.0516. The number of nitrogens with one attached hydrogen (secondary N) is 1. The molecule has 0 aromatic heterocycles. The van der Waals surface area contributed by atoms with E-state index in [1.807, 2.05) is 42.5 Å². The van der Waals surface area contributed by atoms with Crippen molar-refractivity contribution >= 4 is 23.0 Å². The van der Waals surface area contributed by atoms with E-state index in [0.29, 0.717) is 21.4 Å². The molecule has 0 aliphatic carbocycles. The lowest BCUT2D eigenvalue weighted by Gasteiger charge is -2.43. The lowest BCUT2D eigenvalue weighted by atomic mass is 9.86. The third-order valence-corrected chi connectivity index (χ3v) is 6.59. The number of hydrogen-bond acceptors (Lipinski definition) is 4. The predicted octanol–water partition coefficient (Wildman–Crippen LogP) is 3.50. The Balaban J connectivity index is 1.46. The first-order valence-electron chi connectivity index (χ1n) is 8.96. The highest BCUT2D eigenvalue weighted by Crippen LogP contribution is 2.31. The van der Waals surface area contributed by atoms with E-state index in [-0.39, 0.29) is 6.10 Å². The van der Waals surface area contributed by atoms with Gasteiger partial charge >= 0.3 is 6.09 Å². The highest BCUT2D eigenvalue weighted by molar-refractivity contribution is 7.91. The summed E-state index contributed by atoms with van der Waals surface area (Å²) in [5.41, 5.74) is 0.529. The average molecular weight is 370 g/mol. The Labute approximate surface area is 156 Å². The fraction of sp³-hybridized carbons (Fsp3) is 0.350. The molecule has 3 saturated heterocycles. The molecule has 1 amide bonds. The van der Waals surface area contributed by atoms with E-state index >= 15 is 0 Å². The summed E-state index contributed by atoms with van der Waals surface area (Å²) < 4.78 is 18.5. The van der Waals surface area contributed by atoms with Gasteiger partial charge in [-0.3, -0.25) is 10.2 Å². The number of rotatable bonds is 4. The zero-order valence-electron chi connectivity index (χ0n) is 14.5. The molecule has 1 N–H and O–H groups in total. The van der Waals surface area contributed by atoms with Gasteiger partial charge in [-0.1, -0.05) is 30.3 Å². The van der Waals surface area contributed by atoms with Gasteiger partial charge in [-0.05, 0) is 56.1 Å². The van der Waals surface area contributed by atoms with E-state index in [0.717, 1.165) is 32.5 Å². The van der Waals surface area contributed by atoms with Crippen molar-refractivity contribution in [1.29, 1.82) is 0 Å². The quantitative estimate of drug-likeness (QED) is 0.837. The van der Waals surface area contributed by atoms with Crippen molar-refractivity contribution in [2.45, 2.75) is 28.7 Å². The van der Waals surface area contributed by atoms with Crippen LogP contribution in [0.4, 0.5) is 10.5 Å². The Morgan fingerprint density at radius 1 is 1.08 bits per heavy atom. The molecular weight excluding hydrogens is 348 g/mol. The lowest BCUT2D eigenvalue weighted by Crippen LogP contribution is -2.52. The summed E-state index contributed by atoms with van der Waals surface area (Å²) in [6.45, 7) is 3.02. The summed E-state index contributed by atoms with van der Waals surface area (Å²) in [5.74, 6) is 0.458. The molecule has 3 aliphatic rings. The molecule has 2 atom stereocenters. The normalized spacial score (nSPS) is 25.5. The number of amides is 1. The number of para-hydroxylation sites is 1. The second kappa shape index (κ2) is 7.70. The van der Waals surface area contributed by atoms with E-state index < -0.39 is 17.3 Å². The summed E-state index contributed by atoms with van der Waals surface area (Å²) in [5, 5.41) is 2.80. The lowest BCUT2D eigenvalue weighted by molar-refractivity contribution is -0.0289. The molecule has 26 heavy (non-hydrogen) atoms. The van der Waals surface area contributed by atoms with Gasteiger partial charge in [-0.2, -0.15) is 0 Å². The Bertz CT molecular complexity index is 763. The van der Waals surface area contributed by atoms with Crippen molar-refractivity contribution in [3.8, 4) is 0 Å². The number of benzene rings is 2. The fourth-order valence-corrected chi connectivity index (χ4v) is 4.90. The summed E-state index contributed by atoms with van der Waals surface area (Å²) >= 11 is -1.36. The zero-order chi connectivity index (χ0) is 17.9. The molecule has 2 unspecified atom stereocenters. The zero-order valence-corrected chi connectivity index (χ0v) is 15.3. The molecule has 2 aromatic rings. The number of nitrogens with zero attached hydrogens (tertiary/aromatic N) is 1. The molecule has 3 heterocycles. The van der Waals surface area contributed by atoms with Crippen LogP contribution >= 0.6 is 0 Å². The molecule has 136 valence electrons. The Hall–Kier alpha value is -2.02. The second-order valence-corrected chi connectivity index (χ2v) is 8.23. The van der Waals surface area contributed by atoms with Gasteiger partial charge in [-0.25, -0.2) is 4.79 Å². The largest absolute Gasteiger partial charge is 0.606 e. The molecule has 2 aromatic carbocycles. The average Bonchev–Trinajstić information content (AvgIpc) is 2.69. The number of anilines is 1. The van der Waals surface area contributed by atoms with Crippen molar-refractivity contribution in [3.63, 3.8) is 0 Å². The molecule has 0 spiro atoms. The van der Waals surface area contributed by atoms with Crippen molar-refractivity contribution in [1.82, 2.24) is 4.90 Å². The van der Waals surface area contributed by atoms with Gasteiger partial charge in [-0.15, -0.1) is 0 Å². The van der Waals surface area contributed by atoms with Crippen LogP contribution in [-0.4, -0.2) is 41.3 Å². The summed E-state index contributed by atoms with van der Waals surface area (Å²) in [6.07, 6.45) is 1.66. The van der Waals surface area contributed by atoms with Gasteiger partial charge in [0, 0.05) is 17.7 Å². The van der Waals surface area contributed by atoms with E-state index in [2.05, 4.69) is 10.2 Å². The first-order valence-corrected chi connectivity index (χ1v) is 10.1. The maximum absolute atomic E-state index is 12.9. The SMILES string of the molecule is O=C(Nc1ccccc1[S+]([O-])c1ccccc1)OC1CN2CCC1CC2. The second-order valence-electron chi connectivity index (χ2n) is 6.78. The van der Waals surface area contributed by atoms with Gasteiger partial charge in [0.15, 0.2) is 9.79 Å². The molecule has 0 saturated carbocycles. The molecular formula is C20H22N2O3S. The molecule has 5 nitrogen and oxygen atoms in total. The van der Waals surface area contributed by atoms with Gasteiger partial charge in [0.1, 0.15) is 6.10 Å². The monoisotopic (exact) mass is 370 g/mol. The number of carbonyl (C=O) groups is 1. The number of ether oxygens (including phenoxy) is 1. The van der Waals surface area contributed by atoms with Gasteiger partial charge < -0.3 is 9.29 Å². The number of piperidine rings is 3. The molecule has 6 heteroatoms. The van der Waals surface area contributed by atoms with Crippen LogP contribution in [0.5, 0.6) is 0 Å². The molecule has 3 fully saturated rings. The number of carbonyl (C=O) groups excluding carboxylic acids is 1. The van der Waals surface area contributed by atoms with E-state index in [4.69, 9.17) is 4.74 Å². The maximum atomic E-state index is 12.9. The highest BCUT2D eigenvalue weighted by atomic mass is 32.2. The van der Waals surface area contributed by atoms with Crippen molar-refractivity contribution in [3.05, 3.63) is 54.6 Å². The highest BCUT2D eigenvalue weighted by Gasteiger charge is 2.36. The molecule has 0 radical (unpaired) electrons. The van der Waals surface area contributed by atoms with Gasteiger partial charge in [0.25, 0.3) is 0 Å². The minimum Gasteiger partial charge on any atom is -0.606 e. The summed E-state index contributed by atoms with van der Waals surface area (Å²) in [4.78, 5) is 16.0. The fourth-order valence-electron chi connectivity index (χ4n) is 3.72. The number of hydrogen-bond donors (Lipinski definition) is 1. The minimum atomic E-state index is -1.36. The first kappa shape index (κ1) is 17.4. The van der Waals surface area contributed by atoms with Crippen LogP contribution in [0.15, 0.2) is 64.4 Å². The first-order chi connectivity index (χ1) is 12.7. The van der Waals surface area contributed by atoms with Crippen LogP contribution in [-0.2, 0) is 15.9 Å². The van der Waals surface area contributed by atoms with Gasteiger partial charge in [0.2, 0.25) is 0 Å². The van der Waals surface area contributed by atoms with Crippen molar-refractivity contribution in [2.24, 2.45) is 5.92 Å². The summed E-state index contributed by atoms with van der Waals surface area (Å²) in [6, 6.07) is 16.4. The topological polar surface area (TPSA) is 64.6 Å². The Kier molecular flexibility index (Phi) is 5.15. The van der Waals surface area contributed by atoms with Crippen LogP contribution in [0.25, 0.3) is 0 Å². The van der Waals surface area contributed by atoms with Crippen LogP contribution in [0.1, 0.15) is 12.8 Å². The molecule has 3 aliphatic heterocycles. The summed E-state index contributed by atoms with van der Waals surface area (Å²) in [7, 11) is 0. The maximum Gasteiger partial charge on any atom is 0.412 e. The van der Waals surface area contributed by atoms with Gasteiger partial charge in [0.05, 0.1) is 5.69 Å². The van der Waals surface area contributed by atoms with Crippen molar-refractivity contribution in [2.75, 3.05) is 25.0 Å². The Morgan fingerprint density at radius 3 is 2.46 bits per heavy atom. The standard InChI is InChI=1S/C20H22N2O3S/c23-20(25-18-14-22-12-10-15(18)11-13-22)21-17-8-4-5-9-19(17)26(24)16-6-2-1-3-7-16/h1-9,15,18H,10-14H2,(H,21,23). The van der Waals surface area contributed by atoms with E-state index in [1.54, 1.807) is 12.1 Å². The van der Waals surface area contributed by atoms with Crippen LogP contribution < -0.4 is 5.32 Å². The van der Waals surface area contributed by atoms with E-state index in [9.17, 15) is 9.35 Å². The number of fused-ring (bicyclic) bond motifs is 3. The Morgan fingerprint density at radius 2 is 1.77 bits per heavy atom. The third-order valence-electron chi connectivity index (χ3n) is 5.14. The predicted molar refractivity (Wildman–Crippen MR) is 101 cm³/mol. The van der Waals surface area contributed by atoms with Crippen molar-refractivity contribution < 1.29 is 14.1 Å². The van der Waals surface area contributed by atoms with Crippen LogP contribution in [0, 0.1) is 5.92 Å². The van der Waals surface area contributed by atoms with Crippen LogP contribution in [0.3, 0.4) is 0 Å².